The third-order valence-electron chi connectivity index (χ3n) is 2.68. The second-order valence-electron chi connectivity index (χ2n) is 4.06. The first-order valence-corrected chi connectivity index (χ1v) is 7.26. The summed E-state index contributed by atoms with van der Waals surface area (Å²) in [5, 5.41) is 12.6. The molecule has 1 atom stereocenters. The lowest BCUT2D eigenvalue weighted by Gasteiger charge is -2.19. The van der Waals surface area contributed by atoms with E-state index in [4.69, 9.17) is 0 Å². The van der Waals surface area contributed by atoms with Gasteiger partial charge in [-0.05, 0) is 36.4 Å². The van der Waals surface area contributed by atoms with Crippen LogP contribution < -0.4 is 5.32 Å². The van der Waals surface area contributed by atoms with E-state index in [-0.39, 0.29) is 12.4 Å². The summed E-state index contributed by atoms with van der Waals surface area (Å²) < 4.78 is 15.5. The Kier molecular flexibility index (Phi) is 4.96. The van der Waals surface area contributed by atoms with Crippen molar-refractivity contribution >= 4 is 37.5 Å². The molecular formula is C14H12Br2FNO. The van der Waals surface area contributed by atoms with Crippen molar-refractivity contribution in [1.29, 1.82) is 0 Å². The van der Waals surface area contributed by atoms with Crippen LogP contribution in [0.2, 0.25) is 0 Å². The minimum atomic E-state index is -0.494. The molecule has 0 amide bonds. The number of halogens is 3. The van der Waals surface area contributed by atoms with Crippen molar-refractivity contribution in [2.75, 3.05) is 11.9 Å². The highest BCUT2D eigenvalue weighted by molar-refractivity contribution is 9.10. The van der Waals surface area contributed by atoms with Crippen LogP contribution >= 0.6 is 31.9 Å². The summed E-state index contributed by atoms with van der Waals surface area (Å²) in [7, 11) is 0. The molecule has 2 nitrogen and oxygen atoms in total. The average Bonchev–Trinajstić information content (AvgIpc) is 2.39. The Hall–Kier alpha value is -0.910. The van der Waals surface area contributed by atoms with Crippen LogP contribution in [0.3, 0.4) is 0 Å². The number of aliphatic hydroxyl groups excluding tert-OH is 1. The van der Waals surface area contributed by atoms with Crippen molar-refractivity contribution in [2.45, 2.75) is 6.04 Å². The molecule has 19 heavy (non-hydrogen) atoms. The summed E-state index contributed by atoms with van der Waals surface area (Å²) in [6, 6.07) is 11.7. The molecule has 100 valence electrons. The van der Waals surface area contributed by atoms with Crippen LogP contribution in [0.25, 0.3) is 0 Å². The maximum atomic E-state index is 13.8. The van der Waals surface area contributed by atoms with Gasteiger partial charge in [0.15, 0.2) is 0 Å². The van der Waals surface area contributed by atoms with Gasteiger partial charge in [0.1, 0.15) is 5.82 Å². The minimum Gasteiger partial charge on any atom is -0.394 e. The van der Waals surface area contributed by atoms with E-state index in [2.05, 4.69) is 37.2 Å². The van der Waals surface area contributed by atoms with Crippen LogP contribution in [-0.2, 0) is 0 Å². The van der Waals surface area contributed by atoms with Crippen molar-refractivity contribution in [2.24, 2.45) is 0 Å². The van der Waals surface area contributed by atoms with E-state index in [0.717, 1.165) is 14.6 Å². The lowest BCUT2D eigenvalue weighted by molar-refractivity contribution is 0.274. The molecule has 0 aliphatic rings. The van der Waals surface area contributed by atoms with E-state index in [0.29, 0.717) is 5.56 Å². The molecule has 2 N–H and O–H groups in total. The Morgan fingerprint density at radius 1 is 1.11 bits per heavy atom. The summed E-state index contributed by atoms with van der Waals surface area (Å²) in [6.07, 6.45) is 0. The van der Waals surface area contributed by atoms with Crippen molar-refractivity contribution in [3.05, 3.63) is 62.8 Å². The third kappa shape index (κ3) is 3.78. The number of aliphatic hydroxyl groups is 1. The molecule has 0 heterocycles. The number of hydrogen-bond acceptors (Lipinski definition) is 2. The number of hydrogen-bond donors (Lipinski definition) is 2. The maximum Gasteiger partial charge on any atom is 0.128 e. The number of rotatable bonds is 4. The quantitative estimate of drug-likeness (QED) is 0.808. The molecule has 0 fully saturated rings. The van der Waals surface area contributed by atoms with Crippen LogP contribution in [-0.4, -0.2) is 11.7 Å². The van der Waals surface area contributed by atoms with Crippen molar-refractivity contribution in [1.82, 2.24) is 0 Å². The topological polar surface area (TPSA) is 32.3 Å². The van der Waals surface area contributed by atoms with Crippen molar-refractivity contribution in [3.63, 3.8) is 0 Å². The van der Waals surface area contributed by atoms with Gasteiger partial charge >= 0.3 is 0 Å². The van der Waals surface area contributed by atoms with E-state index < -0.39 is 6.04 Å². The first-order chi connectivity index (χ1) is 9.10. The number of benzene rings is 2. The number of anilines is 1. The van der Waals surface area contributed by atoms with E-state index in [1.54, 1.807) is 12.1 Å². The first-order valence-electron chi connectivity index (χ1n) is 5.68. The van der Waals surface area contributed by atoms with Gasteiger partial charge in [0.2, 0.25) is 0 Å². The monoisotopic (exact) mass is 387 g/mol. The molecule has 1 unspecified atom stereocenters. The Bertz CT molecular complexity index is 577. The van der Waals surface area contributed by atoms with Crippen LogP contribution in [0.4, 0.5) is 10.1 Å². The number of nitrogens with one attached hydrogen (secondary N) is 1. The molecule has 2 aromatic carbocycles. The Balaban J connectivity index is 2.27. The molecule has 0 saturated heterocycles. The smallest absolute Gasteiger partial charge is 0.128 e. The summed E-state index contributed by atoms with van der Waals surface area (Å²) in [4.78, 5) is 0. The molecule has 0 aliphatic heterocycles. The van der Waals surface area contributed by atoms with Gasteiger partial charge in [0.05, 0.1) is 12.6 Å². The molecule has 0 aliphatic carbocycles. The third-order valence-corrected chi connectivity index (χ3v) is 3.67. The van der Waals surface area contributed by atoms with Gasteiger partial charge in [-0.25, -0.2) is 4.39 Å². The SMILES string of the molecule is OCC(Nc1cccc(Br)c1)c1cc(Br)ccc1F. The van der Waals surface area contributed by atoms with Gasteiger partial charge in [-0.15, -0.1) is 0 Å². The first kappa shape index (κ1) is 14.5. The fourth-order valence-corrected chi connectivity index (χ4v) is 2.56. The molecule has 0 bridgehead atoms. The van der Waals surface area contributed by atoms with Crippen LogP contribution in [0.5, 0.6) is 0 Å². The normalized spacial score (nSPS) is 12.2. The molecule has 2 aromatic rings. The Morgan fingerprint density at radius 3 is 2.53 bits per heavy atom. The summed E-state index contributed by atoms with van der Waals surface area (Å²) in [5.74, 6) is -0.343. The summed E-state index contributed by atoms with van der Waals surface area (Å²) in [5.41, 5.74) is 1.24. The lowest BCUT2D eigenvalue weighted by atomic mass is 10.1. The van der Waals surface area contributed by atoms with E-state index in [1.165, 1.54) is 6.07 Å². The second kappa shape index (κ2) is 6.50. The van der Waals surface area contributed by atoms with Gasteiger partial charge in [0, 0.05) is 20.2 Å². The Labute approximate surface area is 127 Å². The molecule has 0 radical (unpaired) electrons. The molecule has 5 heteroatoms. The second-order valence-corrected chi connectivity index (χ2v) is 5.89. The maximum absolute atomic E-state index is 13.8. The van der Waals surface area contributed by atoms with E-state index in [9.17, 15) is 9.50 Å². The van der Waals surface area contributed by atoms with E-state index >= 15 is 0 Å². The highest BCUT2D eigenvalue weighted by Gasteiger charge is 2.15. The highest BCUT2D eigenvalue weighted by atomic mass is 79.9. The van der Waals surface area contributed by atoms with E-state index in [1.807, 2.05) is 24.3 Å². The molecule has 0 aromatic heterocycles. The predicted octanol–water partition coefficient (Wildman–Crippen LogP) is 4.50. The standard InChI is InChI=1S/C14H12Br2FNO/c15-9-2-1-3-11(6-9)18-14(8-19)12-7-10(16)4-5-13(12)17/h1-7,14,18-19H,8H2. The predicted molar refractivity (Wildman–Crippen MR) is 81.7 cm³/mol. The van der Waals surface area contributed by atoms with Crippen LogP contribution in [0.15, 0.2) is 51.4 Å². The highest BCUT2D eigenvalue weighted by Crippen LogP contribution is 2.26. The largest absolute Gasteiger partial charge is 0.394 e. The van der Waals surface area contributed by atoms with Crippen molar-refractivity contribution in [3.8, 4) is 0 Å². The molecule has 0 spiro atoms. The fraction of sp³-hybridized carbons (Fsp3) is 0.143. The zero-order chi connectivity index (χ0) is 13.8. The molecular weight excluding hydrogens is 377 g/mol. The summed E-state index contributed by atoms with van der Waals surface area (Å²) >= 11 is 6.68. The van der Waals surface area contributed by atoms with Crippen molar-refractivity contribution < 1.29 is 9.50 Å². The lowest BCUT2D eigenvalue weighted by Crippen LogP contribution is -2.16. The zero-order valence-corrected chi connectivity index (χ0v) is 13.1. The van der Waals surface area contributed by atoms with Crippen LogP contribution in [0.1, 0.15) is 11.6 Å². The average molecular weight is 389 g/mol. The van der Waals surface area contributed by atoms with Gasteiger partial charge < -0.3 is 10.4 Å². The van der Waals surface area contributed by atoms with Crippen LogP contribution in [0, 0.1) is 5.82 Å². The van der Waals surface area contributed by atoms with Gasteiger partial charge in [0.25, 0.3) is 0 Å². The van der Waals surface area contributed by atoms with Gasteiger partial charge in [-0.3, -0.25) is 0 Å². The minimum absolute atomic E-state index is 0.195. The zero-order valence-electron chi connectivity index (χ0n) is 9.91. The van der Waals surface area contributed by atoms with Gasteiger partial charge in [-0.1, -0.05) is 37.9 Å². The fourth-order valence-electron chi connectivity index (χ4n) is 1.78. The molecule has 0 saturated carbocycles. The summed E-state index contributed by atoms with van der Waals surface area (Å²) in [6.45, 7) is -0.195. The molecule has 2 rings (SSSR count). The Morgan fingerprint density at radius 2 is 1.84 bits per heavy atom. The van der Waals surface area contributed by atoms with Gasteiger partial charge in [-0.2, -0.15) is 0 Å².